The third kappa shape index (κ3) is 6.77. The molecule has 2 aromatic carbocycles. The Hall–Kier alpha value is -2.66. The highest BCUT2D eigenvalue weighted by Gasteiger charge is 2.14. The van der Waals surface area contributed by atoms with Gasteiger partial charge in [0.25, 0.3) is 0 Å². The zero-order valence-electron chi connectivity index (χ0n) is 14.2. The quantitative estimate of drug-likeness (QED) is 0.479. The van der Waals surface area contributed by atoms with Crippen molar-refractivity contribution in [2.45, 2.75) is 38.0 Å². The monoisotopic (exact) mass is 340 g/mol. The van der Waals surface area contributed by atoms with Gasteiger partial charge in [-0.25, -0.2) is 5.48 Å². The van der Waals surface area contributed by atoms with Crippen LogP contribution in [0.15, 0.2) is 60.7 Å². The molecule has 0 spiro atoms. The Morgan fingerprint density at radius 3 is 2.12 bits per heavy atom. The van der Waals surface area contributed by atoms with Gasteiger partial charge in [0.2, 0.25) is 11.8 Å². The number of hydrogen-bond donors (Lipinski definition) is 3. The van der Waals surface area contributed by atoms with Gasteiger partial charge >= 0.3 is 0 Å². The van der Waals surface area contributed by atoms with Crippen molar-refractivity contribution in [1.29, 1.82) is 0 Å². The number of para-hydroxylation sites is 1. The molecule has 0 aliphatic heterocycles. The second kappa shape index (κ2) is 10.3. The minimum absolute atomic E-state index is 0.00823. The van der Waals surface area contributed by atoms with Crippen LogP contribution in [0.1, 0.15) is 43.6 Å². The molecule has 0 fully saturated rings. The number of nitrogens with one attached hydrogen (secondary N) is 2. The van der Waals surface area contributed by atoms with Crippen LogP contribution in [0.5, 0.6) is 0 Å². The summed E-state index contributed by atoms with van der Waals surface area (Å²) in [5.41, 5.74) is 3.62. The summed E-state index contributed by atoms with van der Waals surface area (Å²) in [5.74, 6) is -0.211. The summed E-state index contributed by atoms with van der Waals surface area (Å²) in [6.07, 6.45) is 2.87. The van der Waals surface area contributed by atoms with Gasteiger partial charge in [0.05, 0.1) is 0 Å². The zero-order chi connectivity index (χ0) is 17.9. The first-order valence-corrected chi connectivity index (χ1v) is 8.52. The SMILES string of the molecule is O=C(CCC(CCCC(=O)Nc1ccccc1)c1ccccc1)NO. The Labute approximate surface area is 148 Å². The average Bonchev–Trinajstić information content (AvgIpc) is 2.65. The third-order valence-electron chi connectivity index (χ3n) is 4.13. The molecule has 3 N–H and O–H groups in total. The van der Waals surface area contributed by atoms with Gasteiger partial charge in [-0.1, -0.05) is 48.5 Å². The van der Waals surface area contributed by atoms with Crippen molar-refractivity contribution in [3.63, 3.8) is 0 Å². The maximum Gasteiger partial charge on any atom is 0.243 e. The number of hydrogen-bond acceptors (Lipinski definition) is 3. The first kappa shape index (κ1) is 18.7. The van der Waals surface area contributed by atoms with E-state index in [1.54, 1.807) is 5.48 Å². The van der Waals surface area contributed by atoms with E-state index in [1.165, 1.54) is 0 Å². The van der Waals surface area contributed by atoms with Crippen molar-refractivity contribution in [3.8, 4) is 0 Å². The van der Waals surface area contributed by atoms with Crippen LogP contribution in [-0.4, -0.2) is 17.0 Å². The van der Waals surface area contributed by atoms with Crippen molar-refractivity contribution in [2.75, 3.05) is 5.32 Å². The fourth-order valence-electron chi connectivity index (χ4n) is 2.82. The molecule has 0 aliphatic carbocycles. The first-order valence-electron chi connectivity index (χ1n) is 8.52. The van der Waals surface area contributed by atoms with Gasteiger partial charge in [0, 0.05) is 18.5 Å². The highest BCUT2D eigenvalue weighted by Crippen LogP contribution is 2.27. The van der Waals surface area contributed by atoms with E-state index in [-0.39, 0.29) is 24.2 Å². The minimum atomic E-state index is -0.386. The molecular weight excluding hydrogens is 316 g/mol. The lowest BCUT2D eigenvalue weighted by Gasteiger charge is -2.17. The van der Waals surface area contributed by atoms with E-state index in [1.807, 2.05) is 60.7 Å². The Balaban J connectivity index is 1.84. The fraction of sp³-hybridized carbons (Fsp3) is 0.300. The Kier molecular flexibility index (Phi) is 7.66. The predicted octanol–water partition coefficient (Wildman–Crippen LogP) is 3.86. The molecule has 25 heavy (non-hydrogen) atoms. The molecule has 2 aromatic rings. The lowest BCUT2D eigenvalue weighted by atomic mass is 9.89. The average molecular weight is 340 g/mol. The second-order valence-electron chi connectivity index (χ2n) is 5.99. The summed E-state index contributed by atoms with van der Waals surface area (Å²) >= 11 is 0. The summed E-state index contributed by atoms with van der Waals surface area (Å²) < 4.78 is 0. The van der Waals surface area contributed by atoms with Crippen LogP contribution in [0.4, 0.5) is 5.69 Å². The van der Waals surface area contributed by atoms with E-state index >= 15 is 0 Å². The molecule has 1 unspecified atom stereocenters. The Bertz CT molecular complexity index is 659. The molecule has 0 heterocycles. The molecule has 1 atom stereocenters. The molecule has 0 saturated heterocycles. The molecule has 0 radical (unpaired) electrons. The molecule has 0 aliphatic rings. The van der Waals surface area contributed by atoms with Crippen molar-refractivity contribution < 1.29 is 14.8 Å². The maximum absolute atomic E-state index is 12.0. The van der Waals surface area contributed by atoms with E-state index in [0.717, 1.165) is 24.1 Å². The standard InChI is InChI=1S/C20H24N2O3/c23-19(21-18-11-5-2-6-12-18)13-7-10-17(14-15-20(24)22-25)16-8-3-1-4-9-16/h1-6,8-9,11-12,17,25H,7,10,13-15H2,(H,21,23)(H,22,24). The number of benzene rings is 2. The number of carbonyl (C=O) groups is 2. The number of hydroxylamine groups is 1. The molecule has 5 nitrogen and oxygen atoms in total. The van der Waals surface area contributed by atoms with Crippen LogP contribution in [0, 0.1) is 0 Å². The number of amides is 2. The van der Waals surface area contributed by atoms with Crippen LogP contribution in [-0.2, 0) is 9.59 Å². The number of rotatable bonds is 9. The first-order chi connectivity index (χ1) is 12.2. The predicted molar refractivity (Wildman–Crippen MR) is 97.3 cm³/mol. The van der Waals surface area contributed by atoms with Crippen molar-refractivity contribution >= 4 is 17.5 Å². The maximum atomic E-state index is 12.0. The molecule has 0 saturated carbocycles. The van der Waals surface area contributed by atoms with Gasteiger partial charge in [0.1, 0.15) is 0 Å². The number of carbonyl (C=O) groups excluding carboxylic acids is 2. The molecular formula is C20H24N2O3. The number of anilines is 1. The van der Waals surface area contributed by atoms with E-state index in [9.17, 15) is 9.59 Å². The molecule has 0 aromatic heterocycles. The lowest BCUT2D eigenvalue weighted by Crippen LogP contribution is -2.19. The Morgan fingerprint density at radius 2 is 1.48 bits per heavy atom. The minimum Gasteiger partial charge on any atom is -0.326 e. The second-order valence-corrected chi connectivity index (χ2v) is 5.99. The molecule has 0 bridgehead atoms. The topological polar surface area (TPSA) is 78.4 Å². The van der Waals surface area contributed by atoms with Gasteiger partial charge in [-0.15, -0.1) is 0 Å². The van der Waals surface area contributed by atoms with Crippen LogP contribution >= 0.6 is 0 Å². The lowest BCUT2D eigenvalue weighted by molar-refractivity contribution is -0.129. The molecule has 2 rings (SSSR count). The largest absolute Gasteiger partial charge is 0.326 e. The van der Waals surface area contributed by atoms with Crippen molar-refractivity contribution in [1.82, 2.24) is 5.48 Å². The smallest absolute Gasteiger partial charge is 0.243 e. The van der Waals surface area contributed by atoms with Gasteiger partial charge in [0.15, 0.2) is 0 Å². The van der Waals surface area contributed by atoms with E-state index in [4.69, 9.17) is 5.21 Å². The van der Waals surface area contributed by atoms with Crippen molar-refractivity contribution in [2.24, 2.45) is 0 Å². The van der Waals surface area contributed by atoms with Gasteiger partial charge in [-0.3, -0.25) is 14.8 Å². The van der Waals surface area contributed by atoms with Gasteiger partial charge in [-0.2, -0.15) is 0 Å². The summed E-state index contributed by atoms with van der Waals surface area (Å²) in [4.78, 5) is 23.3. The molecule has 2 amide bonds. The molecule has 132 valence electrons. The van der Waals surface area contributed by atoms with Gasteiger partial charge in [-0.05, 0) is 42.9 Å². The summed E-state index contributed by atoms with van der Waals surface area (Å²) in [5, 5.41) is 11.5. The zero-order valence-corrected chi connectivity index (χ0v) is 14.2. The summed E-state index contributed by atoms with van der Waals surface area (Å²) in [6.45, 7) is 0. The molecule has 5 heteroatoms. The van der Waals surface area contributed by atoms with Crippen molar-refractivity contribution in [3.05, 3.63) is 66.2 Å². The Morgan fingerprint density at radius 1 is 0.840 bits per heavy atom. The van der Waals surface area contributed by atoms with E-state index < -0.39 is 0 Å². The van der Waals surface area contributed by atoms with Gasteiger partial charge < -0.3 is 5.32 Å². The van der Waals surface area contributed by atoms with Crippen LogP contribution in [0.2, 0.25) is 0 Å². The normalized spacial score (nSPS) is 11.6. The fourth-order valence-corrected chi connectivity index (χ4v) is 2.82. The van der Waals surface area contributed by atoms with Crippen LogP contribution in [0.3, 0.4) is 0 Å². The third-order valence-corrected chi connectivity index (χ3v) is 4.13. The summed E-state index contributed by atoms with van der Waals surface area (Å²) in [7, 11) is 0. The van der Waals surface area contributed by atoms with E-state index in [2.05, 4.69) is 5.32 Å². The van der Waals surface area contributed by atoms with Crippen LogP contribution < -0.4 is 10.8 Å². The highest BCUT2D eigenvalue weighted by molar-refractivity contribution is 5.90. The summed E-state index contributed by atoms with van der Waals surface area (Å²) in [6, 6.07) is 19.3. The van der Waals surface area contributed by atoms with Crippen LogP contribution in [0.25, 0.3) is 0 Å². The highest BCUT2D eigenvalue weighted by atomic mass is 16.5. The van der Waals surface area contributed by atoms with E-state index in [0.29, 0.717) is 12.8 Å².